The molecule has 5 nitrogen and oxygen atoms in total. The van der Waals surface area contributed by atoms with Gasteiger partial charge < -0.3 is 15.6 Å². The van der Waals surface area contributed by atoms with Crippen LogP contribution in [0.2, 0.25) is 0 Å². The largest absolute Gasteiger partial charge is 0.504 e. The molecule has 0 saturated heterocycles. The van der Waals surface area contributed by atoms with Gasteiger partial charge in [0.1, 0.15) is 0 Å². The van der Waals surface area contributed by atoms with E-state index in [0.29, 0.717) is 10.9 Å². The van der Waals surface area contributed by atoms with Gasteiger partial charge in [-0.3, -0.25) is 0 Å². The number of thioether (sulfide) groups is 1. The lowest BCUT2D eigenvalue weighted by Crippen LogP contribution is -2.03. The van der Waals surface area contributed by atoms with Gasteiger partial charge in [-0.2, -0.15) is 5.10 Å². The Kier molecular flexibility index (Phi) is 4.65. The van der Waals surface area contributed by atoms with Gasteiger partial charge in [-0.1, -0.05) is 11.8 Å². The van der Waals surface area contributed by atoms with E-state index in [4.69, 9.17) is 10.5 Å². The van der Waals surface area contributed by atoms with E-state index >= 15 is 0 Å². The number of phenolic OH excluding ortho intramolecular Hbond substituents is 1. The van der Waals surface area contributed by atoms with Crippen molar-refractivity contribution in [3.8, 4) is 11.5 Å². The second-order valence-electron chi connectivity index (χ2n) is 2.82. The lowest BCUT2D eigenvalue weighted by atomic mass is 10.2. The molecule has 0 unspecified atom stereocenters. The van der Waals surface area contributed by atoms with Crippen LogP contribution in [-0.2, 0) is 0 Å². The zero-order chi connectivity index (χ0) is 12.0. The van der Waals surface area contributed by atoms with Crippen molar-refractivity contribution in [3.05, 3.63) is 23.8 Å². The number of rotatable bonds is 3. The summed E-state index contributed by atoms with van der Waals surface area (Å²) in [6.45, 7) is 0. The van der Waals surface area contributed by atoms with E-state index in [-0.39, 0.29) is 5.75 Å². The van der Waals surface area contributed by atoms with E-state index in [1.807, 2.05) is 6.26 Å². The normalized spacial score (nSPS) is 12.0. The number of amidine groups is 1. The lowest BCUT2D eigenvalue weighted by Gasteiger charge is -2.02. The predicted molar refractivity (Wildman–Crippen MR) is 67.4 cm³/mol. The number of hydrogen-bond donors (Lipinski definition) is 2. The minimum atomic E-state index is 0.0896. The van der Waals surface area contributed by atoms with Gasteiger partial charge in [0.25, 0.3) is 0 Å². The van der Waals surface area contributed by atoms with Crippen LogP contribution in [0.5, 0.6) is 11.5 Å². The van der Waals surface area contributed by atoms with Gasteiger partial charge in [0.05, 0.1) is 13.3 Å². The highest BCUT2D eigenvalue weighted by Crippen LogP contribution is 2.25. The Morgan fingerprint density at radius 1 is 1.56 bits per heavy atom. The molecule has 0 spiro atoms. The van der Waals surface area contributed by atoms with Crippen LogP contribution >= 0.6 is 11.8 Å². The molecule has 0 fully saturated rings. The van der Waals surface area contributed by atoms with Crippen LogP contribution in [0, 0.1) is 0 Å². The number of hydrogen-bond acceptors (Lipinski definition) is 5. The fourth-order valence-corrected chi connectivity index (χ4v) is 1.10. The third-order valence-corrected chi connectivity index (χ3v) is 2.28. The Bertz CT molecular complexity index is 419. The van der Waals surface area contributed by atoms with Gasteiger partial charge in [-0.25, -0.2) is 0 Å². The highest BCUT2D eigenvalue weighted by Gasteiger charge is 2.00. The standard InChI is InChI=1S/C10H13N3O2S/c1-15-9-5-7(3-4-8(9)14)6-12-13-10(11)16-2/h3-6,14H,1-2H3,(H2,11,13). The molecule has 1 rings (SSSR count). The van der Waals surface area contributed by atoms with Crippen LogP contribution < -0.4 is 10.5 Å². The number of aromatic hydroxyl groups is 1. The molecule has 86 valence electrons. The molecule has 0 heterocycles. The van der Waals surface area contributed by atoms with Gasteiger partial charge in [0.2, 0.25) is 0 Å². The minimum Gasteiger partial charge on any atom is -0.504 e. The van der Waals surface area contributed by atoms with Crippen molar-refractivity contribution >= 4 is 23.1 Å². The first-order valence-electron chi connectivity index (χ1n) is 4.45. The average molecular weight is 239 g/mol. The first kappa shape index (κ1) is 12.4. The van der Waals surface area contributed by atoms with Crippen molar-refractivity contribution < 1.29 is 9.84 Å². The lowest BCUT2D eigenvalue weighted by molar-refractivity contribution is 0.373. The molecule has 16 heavy (non-hydrogen) atoms. The molecular weight excluding hydrogens is 226 g/mol. The summed E-state index contributed by atoms with van der Waals surface area (Å²) in [6, 6.07) is 4.89. The summed E-state index contributed by atoms with van der Waals surface area (Å²) in [5.41, 5.74) is 6.22. The maximum absolute atomic E-state index is 9.37. The van der Waals surface area contributed by atoms with Crippen molar-refractivity contribution in [2.24, 2.45) is 15.9 Å². The van der Waals surface area contributed by atoms with E-state index in [2.05, 4.69) is 10.2 Å². The topological polar surface area (TPSA) is 80.2 Å². The maximum atomic E-state index is 9.37. The SMILES string of the molecule is COc1cc(C=NN=C(N)SC)ccc1O. The molecule has 0 atom stereocenters. The van der Waals surface area contributed by atoms with Crippen molar-refractivity contribution in [1.82, 2.24) is 0 Å². The van der Waals surface area contributed by atoms with Crippen molar-refractivity contribution in [3.63, 3.8) is 0 Å². The molecule has 0 aliphatic heterocycles. The van der Waals surface area contributed by atoms with E-state index < -0.39 is 0 Å². The Balaban J connectivity index is 2.82. The first-order valence-corrected chi connectivity index (χ1v) is 5.67. The van der Waals surface area contributed by atoms with E-state index in [0.717, 1.165) is 5.56 Å². The summed E-state index contributed by atoms with van der Waals surface area (Å²) in [6.07, 6.45) is 3.35. The third kappa shape index (κ3) is 3.47. The summed E-state index contributed by atoms with van der Waals surface area (Å²) < 4.78 is 4.96. The molecule has 3 N–H and O–H groups in total. The van der Waals surface area contributed by atoms with Crippen LogP contribution in [0.4, 0.5) is 0 Å². The van der Waals surface area contributed by atoms with Crippen LogP contribution in [0.1, 0.15) is 5.56 Å². The summed E-state index contributed by atoms with van der Waals surface area (Å²) >= 11 is 1.32. The number of methoxy groups -OCH3 is 1. The van der Waals surface area contributed by atoms with Crippen molar-refractivity contribution in [1.29, 1.82) is 0 Å². The fourth-order valence-electron chi connectivity index (χ4n) is 0.968. The number of nitrogens with zero attached hydrogens (tertiary/aromatic N) is 2. The second-order valence-corrected chi connectivity index (χ2v) is 3.64. The Hall–Kier alpha value is -1.69. The fraction of sp³-hybridized carbons (Fsp3) is 0.200. The maximum Gasteiger partial charge on any atom is 0.180 e. The first-order chi connectivity index (χ1) is 7.67. The number of phenols is 1. The Morgan fingerprint density at radius 3 is 2.94 bits per heavy atom. The van der Waals surface area contributed by atoms with Gasteiger partial charge >= 0.3 is 0 Å². The van der Waals surface area contributed by atoms with Gasteiger partial charge in [-0.15, -0.1) is 5.10 Å². The molecule has 0 aliphatic carbocycles. The molecule has 6 heteroatoms. The molecule has 0 amide bonds. The summed E-state index contributed by atoms with van der Waals surface area (Å²) in [5, 5.41) is 17.3. The highest BCUT2D eigenvalue weighted by atomic mass is 32.2. The van der Waals surface area contributed by atoms with E-state index in [9.17, 15) is 5.11 Å². The van der Waals surface area contributed by atoms with Gasteiger partial charge in [0.15, 0.2) is 16.7 Å². The Morgan fingerprint density at radius 2 is 2.31 bits per heavy atom. The number of nitrogens with two attached hydrogens (primary N) is 1. The summed E-state index contributed by atoms with van der Waals surface area (Å²) in [4.78, 5) is 0. The van der Waals surface area contributed by atoms with Gasteiger partial charge in [-0.05, 0) is 30.0 Å². The second kappa shape index (κ2) is 6.02. The minimum absolute atomic E-state index is 0.0896. The smallest absolute Gasteiger partial charge is 0.180 e. The molecule has 0 bridgehead atoms. The van der Waals surface area contributed by atoms with E-state index in [1.165, 1.54) is 31.2 Å². The van der Waals surface area contributed by atoms with Crippen LogP contribution in [0.3, 0.4) is 0 Å². The zero-order valence-electron chi connectivity index (χ0n) is 9.04. The number of ether oxygens (including phenoxy) is 1. The average Bonchev–Trinajstić information content (AvgIpc) is 2.31. The third-order valence-electron chi connectivity index (χ3n) is 1.78. The monoisotopic (exact) mass is 239 g/mol. The molecule has 1 aromatic carbocycles. The van der Waals surface area contributed by atoms with Gasteiger partial charge in [0, 0.05) is 0 Å². The van der Waals surface area contributed by atoms with Crippen molar-refractivity contribution in [2.75, 3.05) is 13.4 Å². The Labute approximate surface area is 98.0 Å². The van der Waals surface area contributed by atoms with E-state index in [1.54, 1.807) is 12.1 Å². The molecule has 0 aliphatic rings. The molecular formula is C10H13N3O2S. The predicted octanol–water partition coefficient (Wildman–Crippen LogP) is 1.41. The zero-order valence-corrected chi connectivity index (χ0v) is 9.86. The molecule has 0 aromatic heterocycles. The molecule has 1 aromatic rings. The van der Waals surface area contributed by atoms with Crippen LogP contribution in [-0.4, -0.2) is 29.9 Å². The molecule has 0 radical (unpaired) electrons. The molecule has 0 saturated carbocycles. The quantitative estimate of drug-likeness (QED) is 0.475. The van der Waals surface area contributed by atoms with Crippen molar-refractivity contribution in [2.45, 2.75) is 0 Å². The number of benzene rings is 1. The highest BCUT2D eigenvalue weighted by molar-refractivity contribution is 8.13. The van der Waals surface area contributed by atoms with Crippen LogP contribution in [0.15, 0.2) is 28.4 Å². The van der Waals surface area contributed by atoms with Crippen LogP contribution in [0.25, 0.3) is 0 Å². The summed E-state index contributed by atoms with van der Waals surface area (Å²) in [7, 11) is 1.49. The summed E-state index contributed by atoms with van der Waals surface area (Å²) in [5.74, 6) is 0.484.